The number of anilines is 3. The summed E-state index contributed by atoms with van der Waals surface area (Å²) in [6.07, 6.45) is 1.84. The number of hydrogen-bond acceptors (Lipinski definition) is 4. The van der Waals surface area contributed by atoms with E-state index in [1.165, 1.54) is 38.2 Å². The third kappa shape index (κ3) is 3.15. The van der Waals surface area contributed by atoms with E-state index in [0.29, 0.717) is 0 Å². The number of nitrogens with zero attached hydrogens (tertiary/aromatic N) is 4. The number of para-hydroxylation sites is 2. The van der Waals surface area contributed by atoms with Crippen LogP contribution in [0.5, 0.6) is 11.5 Å². The molecule has 0 unspecified atom stereocenters. The summed E-state index contributed by atoms with van der Waals surface area (Å²) in [5.74, 6) is 2.57. The smallest absolute Gasteiger partial charge is 0.137 e. The maximum atomic E-state index is 6.57. The zero-order chi connectivity index (χ0) is 26.3. The first-order chi connectivity index (χ1) is 19.0. The highest BCUT2D eigenvalue weighted by Gasteiger charge is 2.42. The van der Waals surface area contributed by atoms with E-state index in [0.717, 1.165) is 35.0 Å². The first-order valence-corrected chi connectivity index (χ1v) is 16.4. The van der Waals surface area contributed by atoms with E-state index in [4.69, 9.17) is 4.74 Å². The van der Waals surface area contributed by atoms with Crippen LogP contribution in [0.4, 0.5) is 17.1 Å². The van der Waals surface area contributed by atoms with Gasteiger partial charge < -0.3 is 14.5 Å². The molecular weight excluding hydrogens is 496 g/mol. The Kier molecular flexibility index (Phi) is 4.59. The zero-order valence-corrected chi connectivity index (χ0v) is 23.2. The molecule has 0 N–H and O–H groups in total. The van der Waals surface area contributed by atoms with Gasteiger partial charge in [0, 0.05) is 41.8 Å². The van der Waals surface area contributed by atoms with Gasteiger partial charge in [-0.05, 0) is 52.8 Å². The molecule has 6 aromatic rings. The van der Waals surface area contributed by atoms with Crippen molar-refractivity contribution in [3.63, 3.8) is 0 Å². The molecule has 0 fully saturated rings. The third-order valence-corrected chi connectivity index (χ3v) is 11.9. The molecule has 0 atom stereocenters. The Balaban J connectivity index is 1.24. The summed E-state index contributed by atoms with van der Waals surface area (Å²) in [5, 5.41) is 5.36. The van der Waals surface area contributed by atoms with Crippen molar-refractivity contribution in [3.8, 4) is 17.3 Å². The molecule has 0 amide bonds. The molecular formula is C33H28N4OSi. The Bertz CT molecular complexity index is 1930. The molecule has 0 saturated heterocycles. The van der Waals surface area contributed by atoms with Crippen LogP contribution in [0.3, 0.4) is 0 Å². The largest absolute Gasteiger partial charge is 0.457 e. The van der Waals surface area contributed by atoms with E-state index in [2.05, 4.69) is 118 Å². The molecule has 4 heterocycles. The fourth-order valence-corrected chi connectivity index (χ4v) is 9.54. The molecule has 2 aromatic heterocycles. The van der Waals surface area contributed by atoms with Gasteiger partial charge in [-0.15, -0.1) is 0 Å². The number of hydrogen-bond donors (Lipinski definition) is 0. The normalized spacial score (nSPS) is 15.1. The maximum Gasteiger partial charge on any atom is 0.137 e. The van der Waals surface area contributed by atoms with Crippen molar-refractivity contribution in [2.45, 2.75) is 13.1 Å². The monoisotopic (exact) mass is 524 g/mol. The molecule has 39 heavy (non-hydrogen) atoms. The predicted octanol–water partition coefficient (Wildman–Crippen LogP) is 6.65. The van der Waals surface area contributed by atoms with Gasteiger partial charge >= 0.3 is 0 Å². The molecule has 6 heteroatoms. The van der Waals surface area contributed by atoms with Crippen LogP contribution in [0.1, 0.15) is 0 Å². The van der Waals surface area contributed by atoms with Crippen molar-refractivity contribution in [2.24, 2.45) is 0 Å². The lowest BCUT2D eigenvalue weighted by atomic mass is 10.1. The Labute approximate surface area is 228 Å². The van der Waals surface area contributed by atoms with Crippen molar-refractivity contribution in [2.75, 3.05) is 23.5 Å². The molecule has 2 aliphatic heterocycles. The van der Waals surface area contributed by atoms with Crippen LogP contribution < -0.4 is 24.9 Å². The van der Waals surface area contributed by atoms with Gasteiger partial charge in [0.1, 0.15) is 25.4 Å². The lowest BCUT2D eigenvalue weighted by Crippen LogP contribution is -2.58. The molecule has 8 rings (SSSR count). The van der Waals surface area contributed by atoms with E-state index in [-0.39, 0.29) is 0 Å². The summed E-state index contributed by atoms with van der Waals surface area (Å²) in [7, 11) is 0.335. The van der Waals surface area contributed by atoms with Crippen LogP contribution in [0.25, 0.3) is 27.6 Å². The van der Waals surface area contributed by atoms with Crippen LogP contribution in [0.15, 0.2) is 103 Å². The van der Waals surface area contributed by atoms with Crippen LogP contribution in [-0.2, 0) is 0 Å². The molecule has 0 saturated carbocycles. The van der Waals surface area contributed by atoms with Crippen molar-refractivity contribution < 1.29 is 4.74 Å². The Morgan fingerprint density at radius 2 is 1.51 bits per heavy atom. The van der Waals surface area contributed by atoms with E-state index < -0.39 is 8.07 Å². The average Bonchev–Trinajstić information content (AvgIpc) is 3.47. The molecule has 2 aliphatic rings. The Hall–Kier alpha value is -4.55. The predicted molar refractivity (Wildman–Crippen MR) is 164 cm³/mol. The summed E-state index contributed by atoms with van der Waals surface area (Å²) in [5.41, 5.74) is 6.19. The van der Waals surface area contributed by atoms with E-state index >= 15 is 0 Å². The quantitative estimate of drug-likeness (QED) is 0.243. The second-order valence-corrected chi connectivity index (χ2v) is 15.4. The van der Waals surface area contributed by atoms with Gasteiger partial charge in [0.15, 0.2) is 0 Å². The minimum atomic E-state index is -1.84. The lowest BCUT2D eigenvalue weighted by molar-refractivity contribution is 0.483. The SMILES string of the molecule is CN1CN2c3cc(Oc4ccc5c6ccccc6n(-c6ccccn6)c5c4)ccc3[Si](C)(C)c3cccc1c32. The average molecular weight is 525 g/mol. The summed E-state index contributed by atoms with van der Waals surface area (Å²) < 4.78 is 8.79. The topological polar surface area (TPSA) is 33.5 Å². The highest BCUT2D eigenvalue weighted by Crippen LogP contribution is 2.44. The summed E-state index contributed by atoms with van der Waals surface area (Å²) in [6.45, 7) is 5.77. The number of pyridine rings is 1. The van der Waals surface area contributed by atoms with Crippen LogP contribution in [0, 0.1) is 0 Å². The molecule has 4 aromatic carbocycles. The van der Waals surface area contributed by atoms with Crippen LogP contribution in [-0.4, -0.2) is 31.3 Å². The number of benzene rings is 4. The Morgan fingerprint density at radius 1 is 0.718 bits per heavy atom. The molecule has 0 aliphatic carbocycles. The number of rotatable bonds is 3. The highest BCUT2D eigenvalue weighted by atomic mass is 28.3. The van der Waals surface area contributed by atoms with Crippen molar-refractivity contribution in [3.05, 3.63) is 103 Å². The minimum Gasteiger partial charge on any atom is -0.457 e. The Morgan fingerprint density at radius 3 is 2.38 bits per heavy atom. The maximum absolute atomic E-state index is 6.57. The van der Waals surface area contributed by atoms with E-state index in [1.54, 1.807) is 0 Å². The first-order valence-electron chi connectivity index (χ1n) is 13.4. The van der Waals surface area contributed by atoms with Crippen LogP contribution in [0.2, 0.25) is 13.1 Å². The van der Waals surface area contributed by atoms with Gasteiger partial charge in [0.2, 0.25) is 0 Å². The van der Waals surface area contributed by atoms with Gasteiger partial charge in [0.25, 0.3) is 0 Å². The van der Waals surface area contributed by atoms with Gasteiger partial charge in [-0.3, -0.25) is 4.57 Å². The number of ether oxygens (including phenoxy) is 1. The van der Waals surface area contributed by atoms with Crippen molar-refractivity contribution >= 4 is 57.3 Å². The van der Waals surface area contributed by atoms with E-state index in [9.17, 15) is 0 Å². The highest BCUT2D eigenvalue weighted by molar-refractivity contribution is 7.02. The van der Waals surface area contributed by atoms with Crippen LogP contribution >= 0.6 is 0 Å². The molecule has 190 valence electrons. The minimum absolute atomic E-state index is 0.814. The van der Waals surface area contributed by atoms with Gasteiger partial charge in [-0.25, -0.2) is 4.98 Å². The second kappa shape index (κ2) is 7.98. The first kappa shape index (κ1) is 22.4. The van der Waals surface area contributed by atoms with Crippen molar-refractivity contribution in [1.82, 2.24) is 9.55 Å². The standard InChI is InChI=1S/C33H28N4OSi/c1-35-21-36-29-20-23(15-17-30(29)39(2,3)31-12-8-11-27(35)33(31)36)38-22-14-16-25-24-9-4-5-10-26(24)37(28(25)19-22)32-13-6-7-18-34-32/h4-20H,21H2,1-3H3. The second-order valence-electron chi connectivity index (χ2n) is 11.1. The zero-order valence-electron chi connectivity index (χ0n) is 22.2. The van der Waals surface area contributed by atoms with E-state index in [1.807, 2.05) is 24.4 Å². The summed E-state index contributed by atoms with van der Waals surface area (Å²) >= 11 is 0. The number of aromatic nitrogens is 2. The van der Waals surface area contributed by atoms with Gasteiger partial charge in [-0.1, -0.05) is 55.6 Å². The third-order valence-electron chi connectivity index (χ3n) is 8.42. The fourth-order valence-electron chi connectivity index (χ4n) is 6.54. The molecule has 0 spiro atoms. The molecule has 5 nitrogen and oxygen atoms in total. The van der Waals surface area contributed by atoms with Gasteiger partial charge in [0.05, 0.1) is 29.1 Å². The molecule has 0 radical (unpaired) electrons. The lowest BCUT2D eigenvalue weighted by Gasteiger charge is -2.38. The summed E-state index contributed by atoms with van der Waals surface area (Å²) in [6, 6.07) is 34.4. The van der Waals surface area contributed by atoms with Gasteiger partial charge in [-0.2, -0.15) is 0 Å². The fraction of sp³-hybridized carbons (Fsp3) is 0.121. The number of fused-ring (bicyclic) bond motifs is 5. The molecule has 0 bridgehead atoms. The summed E-state index contributed by atoms with van der Waals surface area (Å²) in [4.78, 5) is 9.47. The van der Waals surface area contributed by atoms with Crippen molar-refractivity contribution in [1.29, 1.82) is 0 Å².